The molecule has 2 fully saturated rings. The van der Waals surface area contributed by atoms with E-state index in [2.05, 4.69) is 13.8 Å². The minimum absolute atomic E-state index is 0.0496. The van der Waals surface area contributed by atoms with Gasteiger partial charge < -0.3 is 10.2 Å². The molecule has 0 radical (unpaired) electrons. The van der Waals surface area contributed by atoms with Gasteiger partial charge in [-0.2, -0.15) is 0 Å². The van der Waals surface area contributed by atoms with Crippen molar-refractivity contribution >= 4 is 27.6 Å². The Hall–Kier alpha value is -0.270. The van der Waals surface area contributed by atoms with Crippen LogP contribution in [0.15, 0.2) is 0 Å². The van der Waals surface area contributed by atoms with Crippen LogP contribution in [0.1, 0.15) is 105 Å². The number of carbonyl (C=O) groups is 1. The molecule has 2 rings (SSSR count). The van der Waals surface area contributed by atoms with Gasteiger partial charge in [0.25, 0.3) is 0 Å². The number of aliphatic carboxylic acids is 1. The van der Waals surface area contributed by atoms with Crippen LogP contribution in [-0.4, -0.2) is 52.2 Å². The fraction of sp³-hybridized carbons (Fsp3) is 0.958. The summed E-state index contributed by atoms with van der Waals surface area (Å²) in [6.45, 7) is 7.85. The van der Waals surface area contributed by atoms with Gasteiger partial charge >= 0.3 is 5.97 Å². The number of carboxylic acids is 1. The van der Waals surface area contributed by atoms with Crippen LogP contribution in [0.25, 0.3) is 0 Å². The Morgan fingerprint density at radius 3 is 1.55 bits per heavy atom. The zero-order valence-corrected chi connectivity index (χ0v) is 21.6. The van der Waals surface area contributed by atoms with Gasteiger partial charge in [-0.25, -0.2) is 0 Å². The molecule has 2 aliphatic rings. The van der Waals surface area contributed by atoms with Crippen LogP contribution in [0.4, 0.5) is 0 Å². The van der Waals surface area contributed by atoms with E-state index >= 15 is 0 Å². The Morgan fingerprint density at radius 2 is 1.16 bits per heavy atom. The molecule has 0 aliphatic carbocycles. The molecular formula is C24H44O5S2. The van der Waals surface area contributed by atoms with Gasteiger partial charge in [0.05, 0.1) is 5.41 Å². The fourth-order valence-electron chi connectivity index (χ4n) is 4.93. The molecule has 2 aliphatic heterocycles. The lowest BCUT2D eigenvalue weighted by atomic mass is 9.87. The third-order valence-electron chi connectivity index (χ3n) is 7.46. The highest BCUT2D eigenvalue weighted by molar-refractivity contribution is 7.87. The molecule has 5 nitrogen and oxygen atoms in total. The van der Waals surface area contributed by atoms with E-state index in [1.807, 2.05) is 0 Å². The van der Waals surface area contributed by atoms with Gasteiger partial charge in [0.1, 0.15) is 0 Å². The summed E-state index contributed by atoms with van der Waals surface area (Å²) in [5.74, 6) is -0.766. The van der Waals surface area contributed by atoms with Crippen LogP contribution < -0.4 is 0 Å². The standard InChI is InChI=1S/C24H44O5S2/c1-23(2,17-25)15-5-7-18-9-11-20(30(18)28)13-14-21-12-10-19(31(21)29)8-6-16-24(3,4)22(26)27/h18-21,25H,5-17H2,1-4H3,(H,26,27). The van der Waals surface area contributed by atoms with E-state index in [-0.39, 0.29) is 27.8 Å². The van der Waals surface area contributed by atoms with E-state index in [4.69, 9.17) is 0 Å². The van der Waals surface area contributed by atoms with Crippen molar-refractivity contribution in [1.82, 2.24) is 0 Å². The van der Waals surface area contributed by atoms with Crippen molar-refractivity contribution < 1.29 is 23.4 Å². The zero-order chi connectivity index (χ0) is 23.2. The monoisotopic (exact) mass is 476 g/mol. The minimum atomic E-state index is -0.843. The summed E-state index contributed by atoms with van der Waals surface area (Å²) in [6.07, 6.45) is 11.1. The first-order valence-corrected chi connectivity index (χ1v) is 14.6. The van der Waals surface area contributed by atoms with Gasteiger partial charge in [-0.15, -0.1) is 0 Å². The molecule has 0 aromatic rings. The number of rotatable bonds is 13. The SMILES string of the molecule is CC(C)(CO)CCCC1CCC(CCC2CCC(CCCC(C)(C)C(=O)O)S2=O)S1=O. The second-order valence-corrected chi connectivity index (χ2v) is 15.2. The van der Waals surface area contributed by atoms with Crippen molar-refractivity contribution in [2.24, 2.45) is 10.8 Å². The number of hydrogen-bond donors (Lipinski definition) is 2. The molecule has 0 bridgehead atoms. The summed E-state index contributed by atoms with van der Waals surface area (Å²) in [5, 5.41) is 19.6. The van der Waals surface area contributed by atoms with E-state index in [0.717, 1.165) is 70.6 Å². The van der Waals surface area contributed by atoms with E-state index in [9.17, 15) is 23.4 Å². The topological polar surface area (TPSA) is 91.7 Å². The first kappa shape index (κ1) is 27.0. The van der Waals surface area contributed by atoms with Crippen LogP contribution >= 0.6 is 0 Å². The van der Waals surface area contributed by atoms with Crippen molar-refractivity contribution in [2.45, 2.75) is 126 Å². The first-order valence-electron chi connectivity index (χ1n) is 12.1. The summed E-state index contributed by atoms with van der Waals surface area (Å²) >= 11 is 0. The maximum absolute atomic E-state index is 12.9. The van der Waals surface area contributed by atoms with E-state index in [1.165, 1.54) is 0 Å². The quantitative estimate of drug-likeness (QED) is 0.398. The second kappa shape index (κ2) is 11.7. The minimum Gasteiger partial charge on any atom is -0.481 e. The number of aliphatic hydroxyl groups excluding tert-OH is 1. The molecule has 182 valence electrons. The lowest BCUT2D eigenvalue weighted by Gasteiger charge is -2.22. The second-order valence-electron chi connectivity index (χ2n) is 11.2. The summed E-state index contributed by atoms with van der Waals surface area (Å²) in [5.41, 5.74) is -0.762. The van der Waals surface area contributed by atoms with Crippen LogP contribution in [0.5, 0.6) is 0 Å². The Labute approximate surface area is 194 Å². The van der Waals surface area contributed by atoms with E-state index in [0.29, 0.717) is 11.7 Å². The van der Waals surface area contributed by atoms with Gasteiger partial charge in [0.15, 0.2) is 0 Å². The zero-order valence-electron chi connectivity index (χ0n) is 19.9. The molecule has 0 aromatic heterocycles. The summed E-state index contributed by atoms with van der Waals surface area (Å²) in [7, 11) is -1.63. The average Bonchev–Trinajstić information content (AvgIpc) is 3.23. The average molecular weight is 477 g/mol. The van der Waals surface area contributed by atoms with Gasteiger partial charge in [-0.05, 0) is 83.5 Å². The third-order valence-corrected chi connectivity index (χ3v) is 12.0. The third kappa shape index (κ3) is 7.92. The first-order chi connectivity index (χ1) is 14.5. The molecule has 0 saturated carbocycles. The van der Waals surface area contributed by atoms with E-state index in [1.54, 1.807) is 13.8 Å². The van der Waals surface area contributed by atoms with Crippen LogP contribution in [0.3, 0.4) is 0 Å². The predicted octanol–water partition coefficient (Wildman–Crippen LogP) is 4.80. The number of carboxylic acid groups (broad SMARTS) is 1. The highest BCUT2D eigenvalue weighted by Crippen LogP contribution is 2.36. The van der Waals surface area contributed by atoms with Crippen molar-refractivity contribution in [3.8, 4) is 0 Å². The van der Waals surface area contributed by atoms with Gasteiger partial charge in [0.2, 0.25) is 0 Å². The van der Waals surface area contributed by atoms with Gasteiger partial charge in [0, 0.05) is 49.2 Å². The van der Waals surface area contributed by atoms with Crippen LogP contribution in [0.2, 0.25) is 0 Å². The molecule has 6 unspecified atom stereocenters. The smallest absolute Gasteiger partial charge is 0.309 e. The molecule has 6 atom stereocenters. The molecule has 7 heteroatoms. The lowest BCUT2D eigenvalue weighted by molar-refractivity contribution is -0.147. The normalized spacial score (nSPS) is 31.9. The lowest BCUT2D eigenvalue weighted by Crippen LogP contribution is -2.24. The largest absolute Gasteiger partial charge is 0.481 e. The van der Waals surface area contributed by atoms with Gasteiger partial charge in [-0.1, -0.05) is 26.7 Å². The molecule has 0 aromatic carbocycles. The molecule has 0 spiro atoms. The molecule has 2 heterocycles. The van der Waals surface area contributed by atoms with Crippen LogP contribution in [0, 0.1) is 10.8 Å². The van der Waals surface area contributed by atoms with Crippen molar-refractivity contribution in [3.63, 3.8) is 0 Å². The Bertz CT molecular complexity index is 646. The number of hydrogen-bond acceptors (Lipinski definition) is 4. The van der Waals surface area contributed by atoms with Crippen LogP contribution in [-0.2, 0) is 26.4 Å². The summed E-state index contributed by atoms with van der Waals surface area (Å²) in [4.78, 5) is 11.2. The maximum atomic E-state index is 12.9. The predicted molar refractivity (Wildman–Crippen MR) is 129 cm³/mol. The summed E-state index contributed by atoms with van der Waals surface area (Å²) < 4.78 is 25.8. The number of aliphatic hydroxyl groups is 1. The van der Waals surface area contributed by atoms with E-state index < -0.39 is 33.0 Å². The molecular weight excluding hydrogens is 432 g/mol. The Kier molecular flexibility index (Phi) is 10.2. The summed E-state index contributed by atoms with van der Waals surface area (Å²) in [6, 6.07) is 0. The molecule has 0 amide bonds. The maximum Gasteiger partial charge on any atom is 0.309 e. The highest BCUT2D eigenvalue weighted by atomic mass is 32.2. The highest BCUT2D eigenvalue weighted by Gasteiger charge is 2.37. The molecule has 31 heavy (non-hydrogen) atoms. The molecule has 2 saturated heterocycles. The fourth-order valence-corrected chi connectivity index (χ4v) is 9.03. The Morgan fingerprint density at radius 1 is 0.774 bits per heavy atom. The molecule has 2 N–H and O–H groups in total. The Balaban J connectivity index is 1.69. The van der Waals surface area contributed by atoms with Gasteiger partial charge in [-0.3, -0.25) is 13.2 Å². The van der Waals surface area contributed by atoms with Crippen molar-refractivity contribution in [3.05, 3.63) is 0 Å². The van der Waals surface area contributed by atoms with Crippen molar-refractivity contribution in [1.29, 1.82) is 0 Å². The van der Waals surface area contributed by atoms with Crippen molar-refractivity contribution in [2.75, 3.05) is 6.61 Å².